The molecule has 2 atom stereocenters. The van der Waals surface area contributed by atoms with Crippen LogP contribution in [0.15, 0.2) is 58.4 Å². The smallest absolute Gasteiger partial charge is 0.326 e. The fraction of sp³-hybridized carbons (Fsp3) is 0.345. The van der Waals surface area contributed by atoms with Gasteiger partial charge in [-0.05, 0) is 56.0 Å². The Morgan fingerprint density at radius 2 is 1.67 bits per heavy atom. The number of aliphatic imine (C=N–C) groups is 1. The summed E-state index contributed by atoms with van der Waals surface area (Å²) in [6.07, 6.45) is 0. The van der Waals surface area contributed by atoms with Gasteiger partial charge in [0.25, 0.3) is 5.91 Å². The highest BCUT2D eigenvalue weighted by atomic mass is 32.2. The molecule has 0 bridgehead atoms. The molecule has 8 N–H and O–H groups in total. The monoisotopic (exact) mass is 614 g/mol. The lowest BCUT2D eigenvalue weighted by Crippen LogP contribution is -2.50. The van der Waals surface area contributed by atoms with E-state index in [1.54, 1.807) is 50.2 Å². The number of nitrogens with zero attached hydrogens (tertiary/aromatic N) is 1. The quantitative estimate of drug-likeness (QED) is 0.117. The van der Waals surface area contributed by atoms with Gasteiger partial charge in [-0.3, -0.25) is 9.59 Å². The predicted octanol–water partition coefficient (Wildman–Crippen LogP) is 2.85. The molecule has 226 valence electrons. The third kappa shape index (κ3) is 8.38. The van der Waals surface area contributed by atoms with Crippen LogP contribution in [0.3, 0.4) is 0 Å². The van der Waals surface area contributed by atoms with E-state index in [0.29, 0.717) is 21.7 Å². The third-order valence-electron chi connectivity index (χ3n) is 6.45. The van der Waals surface area contributed by atoms with Gasteiger partial charge in [0.1, 0.15) is 12.6 Å². The molecule has 0 aliphatic carbocycles. The Labute approximate surface area is 250 Å². The Hall–Kier alpha value is -3.78. The van der Waals surface area contributed by atoms with Crippen molar-refractivity contribution < 1.29 is 22.7 Å². The molecule has 1 heterocycles. The number of esters is 1. The van der Waals surface area contributed by atoms with Gasteiger partial charge in [-0.1, -0.05) is 49.7 Å². The van der Waals surface area contributed by atoms with Crippen LogP contribution in [-0.4, -0.2) is 51.5 Å². The van der Waals surface area contributed by atoms with Crippen molar-refractivity contribution in [3.8, 4) is 10.4 Å². The molecule has 11 nitrogen and oxygen atoms in total. The van der Waals surface area contributed by atoms with E-state index in [2.05, 4.69) is 15.0 Å². The lowest BCUT2D eigenvalue weighted by atomic mass is 10.1. The summed E-state index contributed by atoms with van der Waals surface area (Å²) in [5.41, 5.74) is 20.4. The first-order valence-electron chi connectivity index (χ1n) is 13.3. The number of ether oxygens (including phenoxy) is 1. The number of hydrogen-bond donors (Lipinski definition) is 5. The molecule has 1 amide bonds. The maximum Gasteiger partial charge on any atom is 0.326 e. The minimum absolute atomic E-state index is 0.0376. The van der Waals surface area contributed by atoms with Gasteiger partial charge in [-0.15, -0.1) is 11.3 Å². The second kappa shape index (κ2) is 13.9. The van der Waals surface area contributed by atoms with Crippen LogP contribution in [0.4, 0.5) is 5.69 Å². The molecule has 0 fully saturated rings. The number of para-hydroxylation sites is 1. The Bertz CT molecular complexity index is 1560. The Morgan fingerprint density at radius 1 is 1.02 bits per heavy atom. The Balaban J connectivity index is 1.83. The molecule has 0 radical (unpaired) electrons. The van der Waals surface area contributed by atoms with Crippen molar-refractivity contribution in [1.29, 1.82) is 0 Å². The molecular formula is C29H38N6O5S2. The van der Waals surface area contributed by atoms with Gasteiger partial charge in [-0.25, -0.2) is 13.4 Å². The van der Waals surface area contributed by atoms with Gasteiger partial charge in [0.05, 0.1) is 15.5 Å². The predicted molar refractivity (Wildman–Crippen MR) is 166 cm³/mol. The normalized spacial score (nSPS) is 12.9. The Kier molecular flexibility index (Phi) is 10.9. The highest BCUT2D eigenvalue weighted by molar-refractivity contribution is 7.89. The number of aryl methyl sites for hydroxylation is 3. The van der Waals surface area contributed by atoms with E-state index in [-0.39, 0.29) is 29.9 Å². The molecule has 42 heavy (non-hydrogen) atoms. The van der Waals surface area contributed by atoms with Gasteiger partial charge in [0.2, 0.25) is 10.0 Å². The number of carbonyl (C=O) groups excluding carboxylic acids is 2. The number of nitrogens with two attached hydrogens (primary N) is 3. The van der Waals surface area contributed by atoms with Crippen molar-refractivity contribution in [2.45, 2.75) is 51.6 Å². The zero-order chi connectivity index (χ0) is 31.2. The summed E-state index contributed by atoms with van der Waals surface area (Å²) in [5.74, 6) is -1.40. The summed E-state index contributed by atoms with van der Waals surface area (Å²) >= 11 is 1.19. The number of amides is 1. The highest BCUT2D eigenvalue weighted by Gasteiger charge is 2.30. The van der Waals surface area contributed by atoms with Gasteiger partial charge >= 0.3 is 5.97 Å². The average molecular weight is 615 g/mol. The van der Waals surface area contributed by atoms with Crippen molar-refractivity contribution in [2.75, 3.05) is 13.2 Å². The number of sulfonamides is 1. The second-order valence-electron chi connectivity index (χ2n) is 10.4. The number of guanidine groups is 1. The second-order valence-corrected chi connectivity index (χ2v) is 13.1. The van der Waals surface area contributed by atoms with Crippen molar-refractivity contribution >= 4 is 44.9 Å². The minimum atomic E-state index is -4.16. The zero-order valence-electron chi connectivity index (χ0n) is 24.3. The third-order valence-corrected chi connectivity index (χ3v) is 9.34. The fourth-order valence-corrected chi connectivity index (χ4v) is 6.88. The summed E-state index contributed by atoms with van der Waals surface area (Å²) < 4.78 is 34.7. The van der Waals surface area contributed by atoms with E-state index in [1.807, 2.05) is 32.9 Å². The van der Waals surface area contributed by atoms with Crippen LogP contribution >= 0.6 is 11.3 Å². The highest BCUT2D eigenvalue weighted by Crippen LogP contribution is 2.35. The topological polar surface area (TPSA) is 192 Å². The van der Waals surface area contributed by atoms with E-state index in [0.717, 1.165) is 16.0 Å². The van der Waals surface area contributed by atoms with Gasteiger partial charge in [-0.2, -0.15) is 4.72 Å². The summed E-state index contributed by atoms with van der Waals surface area (Å²) in [4.78, 5) is 31.5. The number of rotatable bonds is 12. The molecule has 0 saturated heterocycles. The van der Waals surface area contributed by atoms with Crippen LogP contribution in [-0.2, 0) is 19.6 Å². The molecule has 3 rings (SSSR count). The van der Waals surface area contributed by atoms with Gasteiger partial charge in [0, 0.05) is 23.0 Å². The van der Waals surface area contributed by atoms with Crippen LogP contribution in [0.25, 0.3) is 10.4 Å². The van der Waals surface area contributed by atoms with E-state index in [1.165, 1.54) is 11.3 Å². The fourth-order valence-electron chi connectivity index (χ4n) is 4.29. The number of nitrogens with one attached hydrogen (secondary N) is 2. The zero-order valence-corrected chi connectivity index (χ0v) is 25.9. The number of benzene rings is 2. The van der Waals surface area contributed by atoms with E-state index in [4.69, 9.17) is 21.9 Å². The molecule has 13 heteroatoms. The molecule has 0 spiro atoms. The number of thiophene rings is 1. The van der Waals surface area contributed by atoms with Gasteiger partial charge in [0.15, 0.2) is 5.96 Å². The van der Waals surface area contributed by atoms with E-state index >= 15 is 0 Å². The van der Waals surface area contributed by atoms with Crippen molar-refractivity contribution in [3.05, 3.63) is 70.1 Å². The lowest BCUT2D eigenvalue weighted by Gasteiger charge is -2.22. The summed E-state index contributed by atoms with van der Waals surface area (Å²) in [6.45, 7) is 8.55. The number of hydrogen-bond acceptors (Lipinski definition) is 8. The minimum Gasteiger partial charge on any atom is -0.463 e. The SMILES string of the molecule is Cc1cc(C)c(S(=O)(=O)NC(CNC(=O)c2ccc(-c3ccccc3N=C(N)N)s2)C(=O)OCC(N)C(C)C)c(C)c1. The summed E-state index contributed by atoms with van der Waals surface area (Å²) in [5, 5.41) is 2.66. The van der Waals surface area contributed by atoms with E-state index in [9.17, 15) is 18.0 Å². The van der Waals surface area contributed by atoms with Crippen LogP contribution < -0.4 is 27.2 Å². The summed E-state index contributed by atoms with van der Waals surface area (Å²) in [7, 11) is -4.16. The number of carbonyl (C=O) groups is 2. The van der Waals surface area contributed by atoms with Crippen molar-refractivity contribution in [1.82, 2.24) is 10.0 Å². The van der Waals surface area contributed by atoms with Crippen LogP contribution in [0.5, 0.6) is 0 Å². The molecule has 0 aliphatic heterocycles. The lowest BCUT2D eigenvalue weighted by molar-refractivity contribution is -0.146. The molecular weight excluding hydrogens is 576 g/mol. The first-order valence-corrected chi connectivity index (χ1v) is 15.6. The van der Waals surface area contributed by atoms with Crippen LogP contribution in [0.1, 0.15) is 40.2 Å². The largest absolute Gasteiger partial charge is 0.463 e. The van der Waals surface area contributed by atoms with Gasteiger partial charge < -0.3 is 27.3 Å². The molecule has 1 aromatic heterocycles. The molecule has 2 aromatic carbocycles. The Morgan fingerprint density at radius 3 is 2.29 bits per heavy atom. The van der Waals surface area contributed by atoms with Crippen molar-refractivity contribution in [2.24, 2.45) is 28.1 Å². The maximum atomic E-state index is 13.4. The van der Waals surface area contributed by atoms with E-state index < -0.39 is 34.0 Å². The van der Waals surface area contributed by atoms with Crippen LogP contribution in [0.2, 0.25) is 0 Å². The first kappa shape index (κ1) is 32.7. The van der Waals surface area contributed by atoms with Crippen LogP contribution in [0, 0.1) is 26.7 Å². The standard InChI is InChI=1S/C29H38N6O5S2/c1-16(2)21(30)15-40-28(37)23(35-42(38,39)26-18(4)12-17(3)13-19(26)5)14-33-27(36)25-11-10-24(41-25)20-8-6-7-9-22(20)34-29(31)32/h6-13,16,21,23,35H,14-15,30H2,1-5H3,(H,33,36)(H4,31,32,34). The first-order chi connectivity index (χ1) is 19.7. The van der Waals surface area contributed by atoms with Crippen molar-refractivity contribution in [3.63, 3.8) is 0 Å². The molecule has 0 saturated carbocycles. The summed E-state index contributed by atoms with van der Waals surface area (Å²) in [6, 6.07) is 12.2. The maximum absolute atomic E-state index is 13.4. The average Bonchev–Trinajstić information content (AvgIpc) is 3.38. The molecule has 3 aromatic rings. The molecule has 0 aliphatic rings. The molecule has 2 unspecified atom stereocenters.